The van der Waals surface area contributed by atoms with Crippen LogP contribution in [0.1, 0.15) is 49.1 Å². The molecule has 2 aliphatic rings. The normalized spacial score (nSPS) is 22.5. The zero-order valence-electron chi connectivity index (χ0n) is 18.9. The van der Waals surface area contributed by atoms with E-state index in [9.17, 15) is 9.59 Å². The summed E-state index contributed by atoms with van der Waals surface area (Å²) in [4.78, 5) is 25.8. The number of carbonyl (C=O) groups is 1. The van der Waals surface area contributed by atoms with Crippen LogP contribution in [0.25, 0.3) is 0 Å². The molecule has 32 heavy (non-hydrogen) atoms. The fourth-order valence-corrected chi connectivity index (χ4v) is 5.56. The Morgan fingerprint density at radius 3 is 2.41 bits per heavy atom. The summed E-state index contributed by atoms with van der Waals surface area (Å²) in [5.41, 5.74) is 0.770. The number of methoxy groups -OCH3 is 3. The van der Waals surface area contributed by atoms with Gasteiger partial charge in [0.1, 0.15) is 5.82 Å². The van der Waals surface area contributed by atoms with Gasteiger partial charge < -0.3 is 24.3 Å². The molecule has 0 bridgehead atoms. The second-order valence-electron chi connectivity index (χ2n) is 8.53. The Balaban J connectivity index is 1.84. The van der Waals surface area contributed by atoms with E-state index in [1.807, 2.05) is 30.7 Å². The molecule has 1 saturated heterocycles. The Kier molecular flexibility index (Phi) is 6.17. The molecular weight excluding hydrogens is 434 g/mol. The van der Waals surface area contributed by atoms with Gasteiger partial charge in [0.2, 0.25) is 11.7 Å². The highest BCUT2D eigenvalue weighted by Crippen LogP contribution is 2.47. The summed E-state index contributed by atoms with van der Waals surface area (Å²) in [6.07, 6.45) is 1.47. The number of hydrogen-bond donors (Lipinski definition) is 2. The number of carbonyl (C=O) groups excluding carboxylic acids is 1. The predicted octanol–water partition coefficient (Wildman–Crippen LogP) is 3.11. The van der Waals surface area contributed by atoms with Gasteiger partial charge in [-0.2, -0.15) is 0 Å². The number of amides is 1. The molecule has 1 aromatic heterocycles. The Hall–Kier alpha value is -2.59. The molecule has 0 aliphatic carbocycles. The number of benzene rings is 1. The summed E-state index contributed by atoms with van der Waals surface area (Å²) < 4.78 is 24.1. The average molecular weight is 464 g/mol. The zero-order valence-corrected chi connectivity index (χ0v) is 19.8. The van der Waals surface area contributed by atoms with E-state index in [0.717, 1.165) is 18.4 Å². The minimum absolute atomic E-state index is 0.0131. The van der Waals surface area contributed by atoms with E-state index in [4.69, 9.17) is 18.9 Å². The lowest BCUT2D eigenvalue weighted by Gasteiger charge is -2.36. The highest BCUT2D eigenvalue weighted by atomic mass is 32.2. The summed E-state index contributed by atoms with van der Waals surface area (Å²) in [6.45, 7) is 4.66. The standard InChI is InChI=1S/C22H29N3O6S/c1-22(2)10-13(6-7-31-22)25-20-17(21(27)24-25)19(32-11-16(26)23-20)12-8-14(28-3)18(30-5)15(9-12)29-4/h8-9,13,19H,6-7,10-11H2,1-5H3,(H,23,26)(H,24,27). The van der Waals surface area contributed by atoms with Crippen LogP contribution in [0.4, 0.5) is 5.82 Å². The number of nitrogens with zero attached hydrogens (tertiary/aromatic N) is 1. The molecule has 9 nitrogen and oxygen atoms in total. The number of thioether (sulfide) groups is 1. The molecule has 1 amide bonds. The molecule has 0 radical (unpaired) electrons. The second kappa shape index (κ2) is 8.74. The lowest BCUT2D eigenvalue weighted by atomic mass is 9.94. The fourth-order valence-electron chi connectivity index (χ4n) is 4.45. The first-order valence-electron chi connectivity index (χ1n) is 10.5. The van der Waals surface area contributed by atoms with Crippen molar-refractivity contribution in [2.75, 3.05) is 39.0 Å². The SMILES string of the molecule is COc1cc(C2SCC(=O)Nc3c2c(=O)[nH]n3C2CCOC(C)(C)C2)cc(OC)c1OC. The molecule has 2 atom stereocenters. The monoisotopic (exact) mass is 463 g/mol. The molecule has 2 N–H and O–H groups in total. The van der Waals surface area contributed by atoms with Gasteiger partial charge in [-0.3, -0.25) is 19.4 Å². The van der Waals surface area contributed by atoms with Crippen LogP contribution in [0.15, 0.2) is 16.9 Å². The van der Waals surface area contributed by atoms with Crippen LogP contribution >= 0.6 is 11.8 Å². The maximum absolute atomic E-state index is 13.2. The highest BCUT2D eigenvalue weighted by molar-refractivity contribution is 8.00. The number of hydrogen-bond acceptors (Lipinski definition) is 7. The first-order valence-corrected chi connectivity index (χ1v) is 11.5. The smallest absolute Gasteiger partial charge is 0.270 e. The van der Waals surface area contributed by atoms with E-state index in [1.165, 1.54) is 11.8 Å². The van der Waals surface area contributed by atoms with Gasteiger partial charge in [-0.05, 0) is 44.4 Å². The van der Waals surface area contributed by atoms with Gasteiger partial charge in [0, 0.05) is 6.61 Å². The molecule has 0 spiro atoms. The van der Waals surface area contributed by atoms with Gasteiger partial charge in [-0.1, -0.05) is 0 Å². The maximum Gasteiger partial charge on any atom is 0.270 e. The molecule has 2 aliphatic heterocycles. The minimum atomic E-state index is -0.393. The lowest BCUT2D eigenvalue weighted by Crippen LogP contribution is -2.36. The van der Waals surface area contributed by atoms with Crippen LogP contribution in [0.5, 0.6) is 17.2 Å². The summed E-state index contributed by atoms with van der Waals surface area (Å²) >= 11 is 1.39. The summed E-state index contributed by atoms with van der Waals surface area (Å²) in [6, 6.07) is 3.67. The molecule has 0 saturated carbocycles. The van der Waals surface area contributed by atoms with Gasteiger partial charge in [0.15, 0.2) is 11.5 Å². The van der Waals surface area contributed by atoms with Crippen molar-refractivity contribution in [3.63, 3.8) is 0 Å². The molecule has 4 rings (SSSR count). The summed E-state index contributed by atoms with van der Waals surface area (Å²) in [5.74, 6) is 2.05. The molecular formula is C22H29N3O6S. The topological polar surface area (TPSA) is 104 Å². The number of rotatable bonds is 5. The van der Waals surface area contributed by atoms with E-state index in [1.54, 1.807) is 21.3 Å². The first-order chi connectivity index (χ1) is 15.3. The maximum atomic E-state index is 13.2. The Labute approximate surface area is 190 Å². The number of aromatic nitrogens is 2. The van der Waals surface area contributed by atoms with Gasteiger partial charge >= 0.3 is 0 Å². The van der Waals surface area contributed by atoms with Crippen LogP contribution in [-0.4, -0.2) is 55.0 Å². The average Bonchev–Trinajstić information content (AvgIpc) is 2.97. The molecule has 2 unspecified atom stereocenters. The first kappa shape index (κ1) is 22.6. The van der Waals surface area contributed by atoms with E-state index in [2.05, 4.69) is 10.4 Å². The zero-order chi connectivity index (χ0) is 23.0. The number of fused-ring (bicyclic) bond motifs is 1. The summed E-state index contributed by atoms with van der Waals surface area (Å²) in [5, 5.41) is 5.55. The predicted molar refractivity (Wildman–Crippen MR) is 122 cm³/mol. The van der Waals surface area contributed by atoms with Crippen molar-refractivity contribution in [2.45, 2.75) is 43.6 Å². The van der Waals surface area contributed by atoms with Crippen molar-refractivity contribution in [3.05, 3.63) is 33.6 Å². The summed E-state index contributed by atoms with van der Waals surface area (Å²) in [7, 11) is 4.64. The van der Waals surface area contributed by atoms with Crippen molar-refractivity contribution in [1.29, 1.82) is 0 Å². The molecule has 1 aromatic carbocycles. The number of nitrogens with one attached hydrogen (secondary N) is 2. The van der Waals surface area contributed by atoms with Crippen LogP contribution in [0.2, 0.25) is 0 Å². The van der Waals surface area contributed by atoms with Gasteiger partial charge in [0.05, 0.1) is 49.5 Å². The lowest BCUT2D eigenvalue weighted by molar-refractivity contribution is -0.113. The molecule has 3 heterocycles. The largest absolute Gasteiger partial charge is 0.493 e. The molecule has 2 aromatic rings. The highest BCUT2D eigenvalue weighted by Gasteiger charge is 2.36. The van der Waals surface area contributed by atoms with Gasteiger partial charge in [-0.25, -0.2) is 0 Å². The van der Waals surface area contributed by atoms with Crippen LogP contribution in [0, 0.1) is 0 Å². The van der Waals surface area contributed by atoms with E-state index in [0.29, 0.717) is 35.2 Å². The second-order valence-corrected chi connectivity index (χ2v) is 9.62. The third-order valence-corrected chi connectivity index (χ3v) is 7.16. The number of ether oxygens (including phenoxy) is 4. The van der Waals surface area contributed by atoms with E-state index >= 15 is 0 Å². The third kappa shape index (κ3) is 4.09. The number of aromatic amines is 1. The quantitative estimate of drug-likeness (QED) is 0.702. The van der Waals surface area contributed by atoms with E-state index < -0.39 is 5.25 Å². The van der Waals surface area contributed by atoms with Crippen molar-refractivity contribution in [3.8, 4) is 17.2 Å². The fraction of sp³-hybridized carbons (Fsp3) is 0.545. The molecule has 1 fully saturated rings. The number of H-pyrrole nitrogens is 1. The Bertz CT molecular complexity index is 1050. The molecule has 10 heteroatoms. The Morgan fingerprint density at radius 1 is 1.12 bits per heavy atom. The minimum Gasteiger partial charge on any atom is -0.493 e. The van der Waals surface area contributed by atoms with Crippen molar-refractivity contribution < 1.29 is 23.7 Å². The van der Waals surface area contributed by atoms with E-state index in [-0.39, 0.29) is 28.9 Å². The van der Waals surface area contributed by atoms with Crippen LogP contribution < -0.4 is 25.1 Å². The third-order valence-electron chi connectivity index (χ3n) is 5.89. The van der Waals surface area contributed by atoms with Gasteiger partial charge in [-0.15, -0.1) is 11.8 Å². The van der Waals surface area contributed by atoms with Crippen molar-refractivity contribution in [2.24, 2.45) is 0 Å². The Morgan fingerprint density at radius 2 is 1.81 bits per heavy atom. The van der Waals surface area contributed by atoms with Crippen LogP contribution in [-0.2, 0) is 9.53 Å². The van der Waals surface area contributed by atoms with Gasteiger partial charge in [0.25, 0.3) is 5.56 Å². The van der Waals surface area contributed by atoms with Crippen molar-refractivity contribution >= 4 is 23.5 Å². The van der Waals surface area contributed by atoms with Crippen molar-refractivity contribution in [1.82, 2.24) is 9.78 Å². The van der Waals surface area contributed by atoms with Crippen LogP contribution in [0.3, 0.4) is 0 Å². The number of anilines is 1. The molecule has 174 valence electrons.